The molecule has 6 rings (SSSR count). The maximum absolute atomic E-state index is 13.2. The monoisotopic (exact) mass is 606 g/mol. The van der Waals surface area contributed by atoms with Gasteiger partial charge in [-0.25, -0.2) is 4.98 Å². The molecule has 1 amide bonds. The summed E-state index contributed by atoms with van der Waals surface area (Å²) < 4.78 is 11.8. The number of amides is 1. The number of ether oxygens (including phenoxy) is 2. The number of aromatic nitrogens is 1. The molecule has 0 spiro atoms. The molecule has 232 valence electrons. The van der Waals surface area contributed by atoms with Gasteiger partial charge in [-0.3, -0.25) is 14.4 Å². The van der Waals surface area contributed by atoms with E-state index in [0.717, 1.165) is 49.8 Å². The Bertz CT molecular complexity index is 1350. The maximum Gasteiger partial charge on any atom is 0.308 e. The molecule has 7 nitrogen and oxygen atoms in total. The second kappa shape index (κ2) is 12.7. The molecule has 1 aromatic heterocycles. The molecule has 4 aliphatic rings. The minimum atomic E-state index is -0.297. The van der Waals surface area contributed by atoms with Crippen LogP contribution in [0.3, 0.4) is 0 Å². The maximum atomic E-state index is 13.2. The van der Waals surface area contributed by atoms with Crippen molar-refractivity contribution in [3.05, 3.63) is 40.4 Å². The first-order valence-electron chi connectivity index (χ1n) is 16.4. The lowest BCUT2D eigenvalue weighted by molar-refractivity contribution is -0.158. The number of carbonyl (C=O) groups excluding carboxylic acids is 3. The van der Waals surface area contributed by atoms with Crippen molar-refractivity contribution in [2.24, 2.45) is 29.1 Å². The number of carbonyl (C=O) groups is 3. The lowest BCUT2D eigenvalue weighted by Crippen LogP contribution is -2.46. The normalized spacial score (nSPS) is 29.8. The van der Waals surface area contributed by atoms with Gasteiger partial charge < -0.3 is 14.8 Å². The van der Waals surface area contributed by atoms with Gasteiger partial charge in [0.05, 0.1) is 0 Å². The standard InChI is InChI=1S/C35H46N2O5S/c1-21-20-36-34(43-21)37-31(39)14-10-25-19-30(42-32(40)15-8-23-6-4-5-7-23)35(3)17-16-28-27-13-11-26(41-22(2)38)18-24(27)9-12-29(28)33(25)35/h11,13,18,20,23,25,28-30,33H,4-10,12,14-17,19H2,1-3H3,(H,36,37,39)/t25-,28?,29?,30+,33?,35-/m1/s1. The molecule has 0 bridgehead atoms. The lowest BCUT2D eigenvalue weighted by atomic mass is 9.53. The van der Waals surface area contributed by atoms with Crippen LogP contribution in [0.1, 0.15) is 113 Å². The van der Waals surface area contributed by atoms with E-state index in [2.05, 4.69) is 23.3 Å². The van der Waals surface area contributed by atoms with Crippen molar-refractivity contribution in [1.82, 2.24) is 4.98 Å². The van der Waals surface area contributed by atoms with Crippen molar-refractivity contribution in [2.75, 3.05) is 5.32 Å². The average Bonchev–Trinajstić information content (AvgIpc) is 3.70. The van der Waals surface area contributed by atoms with Crippen molar-refractivity contribution in [1.29, 1.82) is 0 Å². The second-order valence-corrected chi connectivity index (χ2v) is 15.1. The number of aryl methyl sites for hydroxylation is 2. The van der Waals surface area contributed by atoms with Gasteiger partial charge in [-0.1, -0.05) is 38.7 Å². The highest BCUT2D eigenvalue weighted by molar-refractivity contribution is 7.15. The Hall–Kier alpha value is -2.74. The fourth-order valence-corrected chi connectivity index (χ4v) is 9.93. The molecule has 1 N–H and O–H groups in total. The van der Waals surface area contributed by atoms with E-state index in [1.807, 2.05) is 19.1 Å². The van der Waals surface area contributed by atoms with Gasteiger partial charge in [0.25, 0.3) is 0 Å². The molecule has 6 atom stereocenters. The van der Waals surface area contributed by atoms with Crippen LogP contribution in [0.4, 0.5) is 5.13 Å². The number of hydrogen-bond donors (Lipinski definition) is 1. The number of benzene rings is 1. The SMILES string of the molecule is CC(=O)Oc1ccc2c(c1)CCC1C2CC[C@@]2(C)C1[C@H](CCC(=O)Nc1ncc(C)s1)C[C@@H]2OC(=O)CCC1CCCC1. The molecule has 3 saturated carbocycles. The smallest absolute Gasteiger partial charge is 0.308 e. The minimum absolute atomic E-state index is 0.00686. The predicted octanol–water partition coefficient (Wildman–Crippen LogP) is 7.76. The molecule has 1 heterocycles. The summed E-state index contributed by atoms with van der Waals surface area (Å²) in [5, 5.41) is 3.65. The summed E-state index contributed by atoms with van der Waals surface area (Å²) in [5.41, 5.74) is 2.57. The molecule has 0 aliphatic heterocycles. The van der Waals surface area contributed by atoms with Crippen molar-refractivity contribution in [3.63, 3.8) is 0 Å². The van der Waals surface area contributed by atoms with Gasteiger partial charge in [0.15, 0.2) is 5.13 Å². The summed E-state index contributed by atoms with van der Waals surface area (Å²) in [6.45, 7) is 5.79. The number of thiazole rings is 1. The van der Waals surface area contributed by atoms with E-state index in [4.69, 9.17) is 9.47 Å². The minimum Gasteiger partial charge on any atom is -0.462 e. The van der Waals surface area contributed by atoms with E-state index in [9.17, 15) is 14.4 Å². The fraction of sp³-hybridized carbons (Fsp3) is 0.657. The van der Waals surface area contributed by atoms with Gasteiger partial charge in [0, 0.05) is 36.3 Å². The van der Waals surface area contributed by atoms with Crippen LogP contribution < -0.4 is 10.1 Å². The summed E-state index contributed by atoms with van der Waals surface area (Å²) in [4.78, 5) is 43.1. The first-order chi connectivity index (χ1) is 20.7. The lowest BCUT2D eigenvalue weighted by Gasteiger charge is -2.51. The zero-order valence-electron chi connectivity index (χ0n) is 25.9. The summed E-state index contributed by atoms with van der Waals surface area (Å²) in [7, 11) is 0. The summed E-state index contributed by atoms with van der Waals surface area (Å²) in [6, 6.07) is 6.15. The van der Waals surface area contributed by atoms with Gasteiger partial charge in [0.1, 0.15) is 11.9 Å². The Kier molecular flexibility index (Phi) is 8.95. The van der Waals surface area contributed by atoms with Crippen LogP contribution in [0.2, 0.25) is 0 Å². The molecular formula is C35H46N2O5S. The quantitative estimate of drug-likeness (QED) is 0.232. The van der Waals surface area contributed by atoms with Crippen molar-refractivity contribution in [2.45, 2.75) is 116 Å². The van der Waals surface area contributed by atoms with E-state index >= 15 is 0 Å². The van der Waals surface area contributed by atoms with E-state index < -0.39 is 0 Å². The molecular weight excluding hydrogens is 560 g/mol. The Labute approximate surface area is 259 Å². The highest BCUT2D eigenvalue weighted by Gasteiger charge is 2.60. The molecule has 3 unspecified atom stereocenters. The number of esters is 2. The number of rotatable bonds is 9. The summed E-state index contributed by atoms with van der Waals surface area (Å²) >= 11 is 1.50. The Morgan fingerprint density at radius 1 is 1.09 bits per heavy atom. The van der Waals surface area contributed by atoms with Crippen LogP contribution in [0, 0.1) is 36.0 Å². The summed E-state index contributed by atoms with van der Waals surface area (Å²) in [5.74, 6) is 2.57. The van der Waals surface area contributed by atoms with Gasteiger partial charge in [-0.15, -0.1) is 11.3 Å². The highest BCUT2D eigenvalue weighted by atomic mass is 32.1. The largest absolute Gasteiger partial charge is 0.462 e. The van der Waals surface area contributed by atoms with E-state index in [1.54, 1.807) is 6.20 Å². The number of nitrogens with one attached hydrogen (secondary N) is 1. The van der Waals surface area contributed by atoms with Crippen LogP contribution in [0.5, 0.6) is 5.75 Å². The first kappa shape index (κ1) is 30.3. The molecule has 4 aliphatic carbocycles. The van der Waals surface area contributed by atoms with Gasteiger partial charge in [-0.2, -0.15) is 0 Å². The average molecular weight is 607 g/mol. The molecule has 43 heavy (non-hydrogen) atoms. The molecule has 0 radical (unpaired) electrons. The molecule has 3 fully saturated rings. The van der Waals surface area contributed by atoms with Gasteiger partial charge in [-0.05, 0) is 105 Å². The number of anilines is 1. The Morgan fingerprint density at radius 2 is 1.91 bits per heavy atom. The van der Waals surface area contributed by atoms with Crippen molar-refractivity contribution in [3.8, 4) is 5.75 Å². The van der Waals surface area contributed by atoms with Gasteiger partial charge in [0.2, 0.25) is 5.91 Å². The zero-order chi connectivity index (χ0) is 30.1. The number of hydrogen-bond acceptors (Lipinski definition) is 7. The third kappa shape index (κ3) is 6.54. The topological polar surface area (TPSA) is 94.6 Å². The number of nitrogens with zero attached hydrogens (tertiary/aromatic N) is 1. The van der Waals surface area contributed by atoms with Gasteiger partial charge >= 0.3 is 11.9 Å². The van der Waals surface area contributed by atoms with Crippen LogP contribution >= 0.6 is 11.3 Å². The second-order valence-electron chi connectivity index (χ2n) is 13.9. The van der Waals surface area contributed by atoms with Crippen LogP contribution in [0.25, 0.3) is 0 Å². The molecule has 8 heteroatoms. The Balaban J connectivity index is 1.19. The van der Waals surface area contributed by atoms with E-state index in [-0.39, 0.29) is 29.4 Å². The molecule has 1 aromatic carbocycles. The third-order valence-electron chi connectivity index (χ3n) is 11.1. The van der Waals surface area contributed by atoms with E-state index in [0.29, 0.717) is 53.3 Å². The van der Waals surface area contributed by atoms with Crippen LogP contribution in [-0.4, -0.2) is 28.9 Å². The Morgan fingerprint density at radius 3 is 2.65 bits per heavy atom. The first-order valence-corrected chi connectivity index (χ1v) is 17.2. The van der Waals surface area contributed by atoms with Crippen LogP contribution in [0.15, 0.2) is 24.4 Å². The van der Waals surface area contributed by atoms with Crippen molar-refractivity contribution < 1.29 is 23.9 Å². The van der Waals surface area contributed by atoms with Crippen molar-refractivity contribution >= 4 is 34.3 Å². The highest BCUT2D eigenvalue weighted by Crippen LogP contribution is 2.64. The van der Waals surface area contributed by atoms with Crippen LogP contribution in [-0.2, 0) is 25.5 Å². The zero-order valence-corrected chi connectivity index (χ0v) is 26.7. The summed E-state index contributed by atoms with van der Waals surface area (Å²) in [6.07, 6.45) is 14.3. The van der Waals surface area contributed by atoms with E-state index in [1.165, 1.54) is 55.1 Å². The fourth-order valence-electron chi connectivity index (χ4n) is 9.25. The molecule has 2 aromatic rings. The third-order valence-corrected chi connectivity index (χ3v) is 12.0. The predicted molar refractivity (Wildman–Crippen MR) is 167 cm³/mol. The molecule has 0 saturated heterocycles. The number of fused-ring (bicyclic) bond motifs is 5.